The normalized spacial score (nSPS) is 10.7. The molecule has 0 amide bonds. The van der Waals surface area contributed by atoms with Crippen LogP contribution in [0.5, 0.6) is 0 Å². The standard InChI is InChI=1S/C16H34.C12H26/c1-3-5-7-9-11-13-15-16-14-12-10-8-6-4-2;1-3-5-7-9-11-12-10-8-6-4-2/h3-16H2,1-2H3;3-12H2,1-2H3. The van der Waals surface area contributed by atoms with Crippen molar-refractivity contribution < 1.29 is 0 Å². The van der Waals surface area contributed by atoms with Crippen LogP contribution in [0, 0.1) is 0 Å². The van der Waals surface area contributed by atoms with Gasteiger partial charge in [-0.05, 0) is 0 Å². The predicted octanol–water partition coefficient (Wildman–Crippen LogP) is 11.4. The second-order valence-electron chi connectivity index (χ2n) is 9.07. The molecule has 0 radical (unpaired) electrons. The molecule has 0 aromatic rings. The Bertz CT molecular complexity index is 196. The Hall–Kier alpha value is 0. The van der Waals surface area contributed by atoms with Crippen molar-refractivity contribution in [1.29, 1.82) is 0 Å². The van der Waals surface area contributed by atoms with Gasteiger partial charge in [-0.15, -0.1) is 0 Å². The largest absolute Gasteiger partial charge is 0.0654 e. The van der Waals surface area contributed by atoms with E-state index in [1.807, 2.05) is 0 Å². The predicted molar refractivity (Wildman–Crippen MR) is 134 cm³/mol. The van der Waals surface area contributed by atoms with Crippen LogP contribution in [-0.4, -0.2) is 0 Å². The number of hydrogen-bond acceptors (Lipinski definition) is 0. The third kappa shape index (κ3) is 33.6. The molecule has 0 heteroatoms. The van der Waals surface area contributed by atoms with Crippen LogP contribution in [0.1, 0.15) is 182 Å². The Morgan fingerprint density at radius 3 is 0.393 bits per heavy atom. The van der Waals surface area contributed by atoms with Gasteiger partial charge in [-0.1, -0.05) is 182 Å². The van der Waals surface area contributed by atoms with Gasteiger partial charge in [0, 0.05) is 0 Å². The van der Waals surface area contributed by atoms with Gasteiger partial charge >= 0.3 is 0 Å². The molecule has 0 spiro atoms. The van der Waals surface area contributed by atoms with Crippen LogP contribution >= 0.6 is 0 Å². The SMILES string of the molecule is CCCCCCCCCCCC.CCCCCCCCCCCCCCCC. The molecule has 0 aromatic carbocycles. The summed E-state index contributed by atoms with van der Waals surface area (Å²) in [7, 11) is 0. The van der Waals surface area contributed by atoms with Crippen LogP contribution in [0.15, 0.2) is 0 Å². The number of unbranched alkanes of at least 4 members (excludes halogenated alkanes) is 22. The highest BCUT2D eigenvalue weighted by atomic mass is 14.0. The van der Waals surface area contributed by atoms with E-state index in [0.29, 0.717) is 0 Å². The number of hydrogen-bond donors (Lipinski definition) is 0. The van der Waals surface area contributed by atoms with Gasteiger partial charge < -0.3 is 0 Å². The lowest BCUT2D eigenvalue weighted by atomic mass is 10.0. The molecule has 0 heterocycles. The van der Waals surface area contributed by atoms with E-state index in [-0.39, 0.29) is 0 Å². The first-order chi connectivity index (χ1) is 13.8. The maximum atomic E-state index is 2.29. The lowest BCUT2D eigenvalue weighted by molar-refractivity contribution is 0.538. The molecule has 0 fully saturated rings. The molecule has 0 atom stereocenters. The van der Waals surface area contributed by atoms with Crippen LogP contribution in [0.3, 0.4) is 0 Å². The van der Waals surface area contributed by atoms with Gasteiger partial charge in [-0.2, -0.15) is 0 Å². The van der Waals surface area contributed by atoms with Gasteiger partial charge in [0.1, 0.15) is 0 Å². The quantitative estimate of drug-likeness (QED) is 0.160. The second kappa shape index (κ2) is 31.7. The molecule has 0 aromatic heterocycles. The zero-order valence-electron chi connectivity index (χ0n) is 21.0. The monoisotopic (exact) mass is 396 g/mol. The van der Waals surface area contributed by atoms with Crippen molar-refractivity contribution in [3.05, 3.63) is 0 Å². The summed E-state index contributed by atoms with van der Waals surface area (Å²) >= 11 is 0. The Labute approximate surface area is 182 Å². The molecule has 28 heavy (non-hydrogen) atoms. The highest BCUT2D eigenvalue weighted by Gasteiger charge is 1.93. The summed E-state index contributed by atoms with van der Waals surface area (Å²) in [5, 5.41) is 0. The summed E-state index contributed by atoms with van der Waals surface area (Å²) in [5.74, 6) is 0. The molecule has 0 rings (SSSR count). The van der Waals surface area contributed by atoms with Crippen molar-refractivity contribution >= 4 is 0 Å². The van der Waals surface area contributed by atoms with E-state index in [0.717, 1.165) is 0 Å². The second-order valence-corrected chi connectivity index (χ2v) is 9.07. The van der Waals surface area contributed by atoms with E-state index in [9.17, 15) is 0 Å². The van der Waals surface area contributed by atoms with Crippen LogP contribution in [-0.2, 0) is 0 Å². The maximum absolute atomic E-state index is 2.29. The Morgan fingerprint density at radius 1 is 0.179 bits per heavy atom. The number of rotatable bonds is 22. The van der Waals surface area contributed by atoms with Gasteiger partial charge in [0.2, 0.25) is 0 Å². The third-order valence-corrected chi connectivity index (χ3v) is 5.91. The van der Waals surface area contributed by atoms with Crippen molar-refractivity contribution in [2.24, 2.45) is 0 Å². The molecule has 0 aliphatic carbocycles. The smallest absolute Gasteiger partial charge is 0.0533 e. The molecule has 0 aliphatic rings. The van der Waals surface area contributed by atoms with Crippen molar-refractivity contribution in [2.75, 3.05) is 0 Å². The van der Waals surface area contributed by atoms with Crippen LogP contribution in [0.2, 0.25) is 0 Å². The maximum Gasteiger partial charge on any atom is -0.0533 e. The van der Waals surface area contributed by atoms with Crippen LogP contribution in [0.4, 0.5) is 0 Å². The van der Waals surface area contributed by atoms with Crippen molar-refractivity contribution in [2.45, 2.75) is 182 Å². The molecule has 0 bridgehead atoms. The van der Waals surface area contributed by atoms with Crippen molar-refractivity contribution in [1.82, 2.24) is 0 Å². The minimum Gasteiger partial charge on any atom is -0.0654 e. The summed E-state index contributed by atoms with van der Waals surface area (Å²) in [6, 6.07) is 0. The third-order valence-electron chi connectivity index (χ3n) is 5.91. The Morgan fingerprint density at radius 2 is 0.286 bits per heavy atom. The van der Waals surface area contributed by atoms with Gasteiger partial charge in [0.05, 0.1) is 0 Å². The average molecular weight is 397 g/mol. The lowest BCUT2D eigenvalue weighted by Gasteiger charge is -2.02. The minimum absolute atomic E-state index is 1.37. The molecule has 0 aliphatic heterocycles. The summed E-state index contributed by atoms with van der Waals surface area (Å²) in [6.45, 7) is 9.14. The zero-order valence-corrected chi connectivity index (χ0v) is 21.0. The average Bonchev–Trinajstić information content (AvgIpc) is 2.71. The van der Waals surface area contributed by atoms with Crippen LogP contribution < -0.4 is 0 Å². The van der Waals surface area contributed by atoms with Gasteiger partial charge in [-0.3, -0.25) is 0 Å². The highest BCUT2D eigenvalue weighted by Crippen LogP contribution is 2.13. The summed E-state index contributed by atoms with van der Waals surface area (Å²) in [5.41, 5.74) is 0. The van der Waals surface area contributed by atoms with Gasteiger partial charge in [0.15, 0.2) is 0 Å². The lowest BCUT2D eigenvalue weighted by Crippen LogP contribution is -1.82. The fraction of sp³-hybridized carbons (Fsp3) is 1.00. The van der Waals surface area contributed by atoms with E-state index in [1.54, 1.807) is 0 Å². The molecular formula is C28H60. The van der Waals surface area contributed by atoms with Gasteiger partial charge in [-0.25, -0.2) is 0 Å². The summed E-state index contributed by atoms with van der Waals surface area (Å²) in [6.07, 6.45) is 34.9. The molecule has 0 nitrogen and oxygen atoms in total. The topological polar surface area (TPSA) is 0 Å². The Kier molecular flexibility index (Phi) is 34.2. The molecule has 0 unspecified atom stereocenters. The molecule has 0 N–H and O–H groups in total. The van der Waals surface area contributed by atoms with E-state index in [4.69, 9.17) is 0 Å². The first-order valence-corrected chi connectivity index (χ1v) is 13.8. The molecule has 172 valence electrons. The van der Waals surface area contributed by atoms with E-state index >= 15 is 0 Å². The highest BCUT2D eigenvalue weighted by molar-refractivity contribution is 4.48. The van der Waals surface area contributed by atoms with Crippen molar-refractivity contribution in [3.63, 3.8) is 0 Å². The van der Waals surface area contributed by atoms with Crippen molar-refractivity contribution in [3.8, 4) is 0 Å². The first kappa shape index (κ1) is 30.2. The first-order valence-electron chi connectivity index (χ1n) is 13.8. The molecular weight excluding hydrogens is 336 g/mol. The van der Waals surface area contributed by atoms with Crippen LogP contribution in [0.25, 0.3) is 0 Å². The van der Waals surface area contributed by atoms with E-state index in [1.165, 1.54) is 154 Å². The summed E-state index contributed by atoms with van der Waals surface area (Å²) < 4.78 is 0. The van der Waals surface area contributed by atoms with Gasteiger partial charge in [0.25, 0.3) is 0 Å². The minimum atomic E-state index is 1.37. The Balaban J connectivity index is 0. The fourth-order valence-electron chi connectivity index (χ4n) is 3.83. The molecule has 0 saturated carbocycles. The summed E-state index contributed by atoms with van der Waals surface area (Å²) in [4.78, 5) is 0. The fourth-order valence-corrected chi connectivity index (χ4v) is 3.83. The molecule has 0 saturated heterocycles. The van der Waals surface area contributed by atoms with E-state index in [2.05, 4.69) is 27.7 Å². The zero-order chi connectivity index (χ0) is 21.0. The van der Waals surface area contributed by atoms with E-state index < -0.39 is 0 Å².